The van der Waals surface area contributed by atoms with E-state index in [1.165, 1.54) is 11.3 Å². The van der Waals surface area contributed by atoms with Crippen molar-refractivity contribution in [3.05, 3.63) is 53.5 Å². The van der Waals surface area contributed by atoms with E-state index in [1.54, 1.807) is 11.3 Å². The molecule has 7 nitrogen and oxygen atoms in total. The van der Waals surface area contributed by atoms with E-state index in [4.69, 9.17) is 14.5 Å². The second kappa shape index (κ2) is 9.86. The van der Waals surface area contributed by atoms with Crippen molar-refractivity contribution >= 4 is 49.6 Å². The predicted molar refractivity (Wildman–Crippen MR) is 134 cm³/mol. The van der Waals surface area contributed by atoms with Gasteiger partial charge in [0.25, 0.3) is 0 Å². The molecule has 2 aromatic carbocycles. The van der Waals surface area contributed by atoms with Crippen LogP contribution in [0.2, 0.25) is 0 Å². The summed E-state index contributed by atoms with van der Waals surface area (Å²) in [6.07, 6.45) is 0.229. The maximum Gasteiger partial charge on any atom is 0.230 e. The SMILES string of the molecule is CCOc1ccc(-c2nc(CC(=O)Nc3ccc4nc(N5CCOCC5)sc4c3)cs2)cc1. The van der Waals surface area contributed by atoms with Crippen LogP contribution in [-0.4, -0.2) is 48.8 Å². The molecule has 0 bridgehead atoms. The molecule has 1 N–H and O–H groups in total. The summed E-state index contributed by atoms with van der Waals surface area (Å²) >= 11 is 3.18. The van der Waals surface area contributed by atoms with Gasteiger partial charge in [0.1, 0.15) is 10.8 Å². The minimum Gasteiger partial charge on any atom is -0.494 e. The number of rotatable bonds is 7. The van der Waals surface area contributed by atoms with E-state index in [-0.39, 0.29) is 12.3 Å². The van der Waals surface area contributed by atoms with Gasteiger partial charge in [-0.15, -0.1) is 11.3 Å². The zero-order valence-electron chi connectivity index (χ0n) is 18.2. The molecule has 0 radical (unpaired) electrons. The fourth-order valence-corrected chi connectivity index (χ4v) is 5.51. The molecular weight excluding hydrogens is 456 g/mol. The normalized spacial score (nSPS) is 13.9. The van der Waals surface area contributed by atoms with Crippen LogP contribution in [0.25, 0.3) is 20.8 Å². The van der Waals surface area contributed by atoms with Gasteiger partial charge in [-0.05, 0) is 49.4 Å². The summed E-state index contributed by atoms with van der Waals surface area (Å²) in [6.45, 7) is 5.78. The first kappa shape index (κ1) is 21.8. The molecule has 0 unspecified atom stereocenters. The third kappa shape index (κ3) is 5.16. The Morgan fingerprint density at radius 3 is 2.76 bits per heavy atom. The zero-order chi connectivity index (χ0) is 22.6. The molecule has 0 saturated carbocycles. The van der Waals surface area contributed by atoms with Crippen molar-refractivity contribution in [3.63, 3.8) is 0 Å². The van der Waals surface area contributed by atoms with E-state index in [9.17, 15) is 4.79 Å². The number of ether oxygens (including phenoxy) is 2. The van der Waals surface area contributed by atoms with Gasteiger partial charge in [0.15, 0.2) is 5.13 Å². The Morgan fingerprint density at radius 1 is 1.15 bits per heavy atom. The number of benzene rings is 2. The average Bonchev–Trinajstić information content (AvgIpc) is 3.47. The lowest BCUT2D eigenvalue weighted by molar-refractivity contribution is -0.115. The van der Waals surface area contributed by atoms with Crippen LogP contribution in [0.5, 0.6) is 5.75 Å². The molecule has 5 rings (SSSR count). The van der Waals surface area contributed by atoms with Crippen molar-refractivity contribution < 1.29 is 14.3 Å². The number of hydrogen-bond acceptors (Lipinski definition) is 8. The number of thiazole rings is 2. The topological polar surface area (TPSA) is 76.6 Å². The van der Waals surface area contributed by atoms with Crippen molar-refractivity contribution in [2.75, 3.05) is 43.1 Å². The maximum absolute atomic E-state index is 12.6. The molecule has 1 saturated heterocycles. The number of nitrogens with one attached hydrogen (secondary N) is 1. The quantitative estimate of drug-likeness (QED) is 0.408. The second-order valence-electron chi connectivity index (χ2n) is 7.60. The van der Waals surface area contributed by atoms with E-state index in [1.807, 2.05) is 54.8 Å². The van der Waals surface area contributed by atoms with Crippen molar-refractivity contribution in [3.8, 4) is 16.3 Å². The molecule has 4 aromatic rings. The van der Waals surface area contributed by atoms with Crippen LogP contribution in [0, 0.1) is 0 Å². The molecule has 2 aromatic heterocycles. The van der Waals surface area contributed by atoms with Gasteiger partial charge < -0.3 is 19.7 Å². The number of aromatic nitrogens is 2. The van der Waals surface area contributed by atoms with Crippen LogP contribution < -0.4 is 15.0 Å². The minimum atomic E-state index is -0.0872. The highest BCUT2D eigenvalue weighted by Crippen LogP contribution is 2.31. The first-order valence-electron chi connectivity index (χ1n) is 10.9. The monoisotopic (exact) mass is 480 g/mol. The second-order valence-corrected chi connectivity index (χ2v) is 9.47. The summed E-state index contributed by atoms with van der Waals surface area (Å²) in [5.41, 5.74) is 3.49. The molecule has 1 aliphatic heterocycles. The molecule has 1 amide bonds. The van der Waals surface area contributed by atoms with Gasteiger partial charge >= 0.3 is 0 Å². The molecule has 0 aliphatic carbocycles. The van der Waals surface area contributed by atoms with Crippen LogP contribution in [0.3, 0.4) is 0 Å². The molecular formula is C24H24N4O3S2. The van der Waals surface area contributed by atoms with Gasteiger partial charge in [-0.25, -0.2) is 9.97 Å². The summed E-state index contributed by atoms with van der Waals surface area (Å²) in [6, 6.07) is 13.7. The lowest BCUT2D eigenvalue weighted by Crippen LogP contribution is -2.36. The third-order valence-electron chi connectivity index (χ3n) is 5.25. The molecule has 3 heterocycles. The fraction of sp³-hybridized carbons (Fsp3) is 0.292. The number of morpholine rings is 1. The number of hydrogen-bond donors (Lipinski definition) is 1. The number of fused-ring (bicyclic) bond motifs is 1. The van der Waals surface area contributed by atoms with Crippen molar-refractivity contribution in [2.24, 2.45) is 0 Å². The number of anilines is 2. The Labute approximate surface area is 200 Å². The average molecular weight is 481 g/mol. The number of carbonyl (C=O) groups is 1. The molecule has 0 spiro atoms. The first-order valence-corrected chi connectivity index (χ1v) is 12.6. The predicted octanol–water partition coefficient (Wildman–Crippen LogP) is 4.84. The smallest absolute Gasteiger partial charge is 0.230 e. The van der Waals surface area contributed by atoms with Gasteiger partial charge in [0.05, 0.1) is 42.2 Å². The van der Waals surface area contributed by atoms with E-state index in [2.05, 4.69) is 15.2 Å². The Hall–Kier alpha value is -3.01. The highest BCUT2D eigenvalue weighted by molar-refractivity contribution is 7.22. The lowest BCUT2D eigenvalue weighted by Gasteiger charge is -2.25. The van der Waals surface area contributed by atoms with Crippen LogP contribution in [-0.2, 0) is 16.0 Å². The van der Waals surface area contributed by atoms with Gasteiger partial charge in [0, 0.05) is 29.7 Å². The summed E-state index contributed by atoms with van der Waals surface area (Å²) in [7, 11) is 0. The summed E-state index contributed by atoms with van der Waals surface area (Å²) in [5.74, 6) is 0.753. The number of amides is 1. The first-order chi connectivity index (χ1) is 16.2. The Bertz CT molecular complexity index is 1250. The van der Waals surface area contributed by atoms with E-state index < -0.39 is 0 Å². The summed E-state index contributed by atoms with van der Waals surface area (Å²) in [4.78, 5) is 24.2. The standard InChI is InChI=1S/C24H24N4O3S2/c1-2-31-19-6-3-16(4-7-19)23-26-18(15-32-23)14-22(29)25-17-5-8-20-21(13-17)33-24(27-20)28-9-11-30-12-10-28/h3-8,13,15H,2,9-12,14H2,1H3,(H,25,29). The zero-order valence-corrected chi connectivity index (χ0v) is 19.9. The van der Waals surface area contributed by atoms with E-state index in [0.717, 1.165) is 69.4 Å². The van der Waals surface area contributed by atoms with Gasteiger partial charge in [-0.1, -0.05) is 11.3 Å². The third-order valence-corrected chi connectivity index (χ3v) is 7.27. The van der Waals surface area contributed by atoms with Crippen molar-refractivity contribution in [1.29, 1.82) is 0 Å². The van der Waals surface area contributed by atoms with Crippen molar-refractivity contribution in [1.82, 2.24) is 9.97 Å². The van der Waals surface area contributed by atoms with Crippen molar-refractivity contribution in [2.45, 2.75) is 13.3 Å². The van der Waals surface area contributed by atoms with Gasteiger partial charge in [-0.2, -0.15) is 0 Å². The van der Waals surface area contributed by atoms with Crippen LogP contribution in [0.15, 0.2) is 47.8 Å². The largest absolute Gasteiger partial charge is 0.494 e. The molecule has 0 atom stereocenters. The molecule has 1 aliphatic rings. The molecule has 170 valence electrons. The molecule has 1 fully saturated rings. The van der Waals surface area contributed by atoms with Gasteiger partial charge in [0.2, 0.25) is 5.91 Å². The number of carbonyl (C=O) groups excluding carboxylic acids is 1. The van der Waals surface area contributed by atoms with Crippen LogP contribution in [0.4, 0.5) is 10.8 Å². The molecule has 9 heteroatoms. The fourth-order valence-electron chi connectivity index (χ4n) is 3.63. The Balaban J connectivity index is 1.22. The Kier molecular flexibility index (Phi) is 6.52. The van der Waals surface area contributed by atoms with Gasteiger partial charge in [-0.3, -0.25) is 4.79 Å². The Morgan fingerprint density at radius 2 is 1.97 bits per heavy atom. The summed E-state index contributed by atoms with van der Waals surface area (Å²) in [5, 5.41) is 6.83. The maximum atomic E-state index is 12.6. The highest BCUT2D eigenvalue weighted by Gasteiger charge is 2.16. The number of nitrogens with zero attached hydrogens (tertiary/aromatic N) is 3. The van der Waals surface area contributed by atoms with Crippen LogP contribution in [0.1, 0.15) is 12.6 Å². The van der Waals surface area contributed by atoms with Crippen LogP contribution >= 0.6 is 22.7 Å². The minimum absolute atomic E-state index is 0.0872. The summed E-state index contributed by atoms with van der Waals surface area (Å²) < 4.78 is 12.0. The molecule has 33 heavy (non-hydrogen) atoms. The lowest BCUT2D eigenvalue weighted by atomic mass is 10.2. The van der Waals surface area contributed by atoms with E-state index >= 15 is 0 Å². The van der Waals surface area contributed by atoms with E-state index in [0.29, 0.717) is 6.61 Å². The highest BCUT2D eigenvalue weighted by atomic mass is 32.1.